The summed E-state index contributed by atoms with van der Waals surface area (Å²) in [4.78, 5) is 11.6. The van der Waals surface area contributed by atoms with E-state index in [4.69, 9.17) is 4.74 Å². The molecule has 25 heavy (non-hydrogen) atoms. The summed E-state index contributed by atoms with van der Waals surface area (Å²) in [7, 11) is -3.67. The van der Waals surface area contributed by atoms with Crippen LogP contribution in [0.1, 0.15) is 36.4 Å². The van der Waals surface area contributed by atoms with Crippen LogP contribution in [0.4, 0.5) is 0 Å². The predicted octanol–water partition coefficient (Wildman–Crippen LogP) is 3.11. The van der Waals surface area contributed by atoms with Crippen LogP contribution in [-0.4, -0.2) is 20.5 Å². The van der Waals surface area contributed by atoms with E-state index >= 15 is 0 Å². The SMILES string of the molecule is Cc1ccc(S(=O)(=O)N[C@H](C[C@@H]2CCC(=O)O2)c2ccccc2)cc1. The Hall–Kier alpha value is -2.18. The Morgan fingerprint density at radius 2 is 1.80 bits per heavy atom. The Morgan fingerprint density at radius 3 is 2.40 bits per heavy atom. The van der Waals surface area contributed by atoms with Gasteiger partial charge in [0.2, 0.25) is 10.0 Å². The van der Waals surface area contributed by atoms with Gasteiger partial charge in [-0.05, 0) is 31.0 Å². The van der Waals surface area contributed by atoms with E-state index in [1.54, 1.807) is 24.3 Å². The fourth-order valence-corrected chi connectivity index (χ4v) is 4.16. The van der Waals surface area contributed by atoms with E-state index in [-0.39, 0.29) is 17.0 Å². The lowest BCUT2D eigenvalue weighted by Gasteiger charge is -2.22. The minimum atomic E-state index is -3.67. The van der Waals surface area contributed by atoms with Crippen molar-refractivity contribution in [3.63, 3.8) is 0 Å². The predicted molar refractivity (Wildman–Crippen MR) is 94.4 cm³/mol. The number of ether oxygens (including phenoxy) is 1. The van der Waals surface area contributed by atoms with Gasteiger partial charge in [0.25, 0.3) is 0 Å². The maximum Gasteiger partial charge on any atom is 0.306 e. The van der Waals surface area contributed by atoms with Gasteiger partial charge in [-0.2, -0.15) is 0 Å². The summed E-state index contributed by atoms with van der Waals surface area (Å²) in [6, 6.07) is 15.6. The number of esters is 1. The molecule has 0 radical (unpaired) electrons. The lowest BCUT2D eigenvalue weighted by molar-refractivity contribution is -0.141. The number of benzene rings is 2. The highest BCUT2D eigenvalue weighted by atomic mass is 32.2. The number of cyclic esters (lactones) is 1. The molecule has 2 aromatic rings. The molecule has 1 saturated heterocycles. The van der Waals surface area contributed by atoms with E-state index in [0.29, 0.717) is 19.3 Å². The van der Waals surface area contributed by atoms with E-state index < -0.39 is 16.1 Å². The molecule has 6 heteroatoms. The second-order valence-electron chi connectivity index (χ2n) is 6.28. The highest BCUT2D eigenvalue weighted by molar-refractivity contribution is 7.89. The number of hydrogen-bond donors (Lipinski definition) is 1. The number of rotatable bonds is 6. The second-order valence-corrected chi connectivity index (χ2v) is 8.00. The van der Waals surface area contributed by atoms with Gasteiger partial charge in [-0.25, -0.2) is 13.1 Å². The quantitative estimate of drug-likeness (QED) is 0.805. The van der Waals surface area contributed by atoms with Gasteiger partial charge in [0, 0.05) is 12.8 Å². The lowest BCUT2D eigenvalue weighted by Crippen LogP contribution is -2.31. The molecular weight excluding hydrogens is 338 g/mol. The van der Waals surface area contributed by atoms with Crippen LogP contribution in [-0.2, 0) is 19.6 Å². The molecule has 1 heterocycles. The zero-order valence-corrected chi connectivity index (χ0v) is 14.8. The van der Waals surface area contributed by atoms with Gasteiger partial charge in [-0.15, -0.1) is 0 Å². The smallest absolute Gasteiger partial charge is 0.306 e. The van der Waals surface area contributed by atoms with Gasteiger partial charge in [-0.3, -0.25) is 4.79 Å². The third-order valence-corrected chi connectivity index (χ3v) is 5.79. The van der Waals surface area contributed by atoms with E-state index in [9.17, 15) is 13.2 Å². The summed E-state index contributed by atoms with van der Waals surface area (Å²) in [5, 5.41) is 0. The van der Waals surface area contributed by atoms with Crippen LogP contribution < -0.4 is 4.72 Å². The Balaban J connectivity index is 1.84. The van der Waals surface area contributed by atoms with Crippen LogP contribution in [0, 0.1) is 6.92 Å². The maximum absolute atomic E-state index is 12.7. The van der Waals surface area contributed by atoms with Gasteiger partial charge >= 0.3 is 5.97 Å². The lowest BCUT2D eigenvalue weighted by atomic mass is 10.0. The number of nitrogens with one attached hydrogen (secondary N) is 1. The minimum Gasteiger partial charge on any atom is -0.462 e. The first kappa shape index (κ1) is 17.6. The van der Waals surface area contributed by atoms with E-state index in [1.807, 2.05) is 37.3 Å². The van der Waals surface area contributed by atoms with Crippen LogP contribution in [0.2, 0.25) is 0 Å². The molecule has 5 nitrogen and oxygen atoms in total. The zero-order chi connectivity index (χ0) is 17.9. The molecule has 0 saturated carbocycles. The summed E-state index contributed by atoms with van der Waals surface area (Å²) in [6.45, 7) is 1.91. The number of aryl methyl sites for hydroxylation is 1. The van der Waals surface area contributed by atoms with Crippen molar-refractivity contribution >= 4 is 16.0 Å². The highest BCUT2D eigenvalue weighted by Crippen LogP contribution is 2.27. The highest BCUT2D eigenvalue weighted by Gasteiger charge is 2.29. The molecule has 0 bridgehead atoms. The molecule has 0 aliphatic carbocycles. The largest absolute Gasteiger partial charge is 0.462 e. The summed E-state index contributed by atoms with van der Waals surface area (Å²) in [5.41, 5.74) is 1.84. The topological polar surface area (TPSA) is 72.5 Å². The first-order valence-corrected chi connectivity index (χ1v) is 9.76. The monoisotopic (exact) mass is 359 g/mol. The minimum absolute atomic E-state index is 0.224. The normalized spacial score (nSPS) is 18.8. The fraction of sp³-hybridized carbons (Fsp3) is 0.316. The first-order valence-electron chi connectivity index (χ1n) is 8.27. The first-order chi connectivity index (χ1) is 11.9. The zero-order valence-electron chi connectivity index (χ0n) is 14.0. The molecule has 132 valence electrons. The molecule has 2 aromatic carbocycles. The van der Waals surface area contributed by atoms with Gasteiger partial charge in [0.15, 0.2) is 0 Å². The fourth-order valence-electron chi connectivity index (χ4n) is 2.92. The molecule has 0 aromatic heterocycles. The van der Waals surface area contributed by atoms with E-state index in [0.717, 1.165) is 11.1 Å². The molecule has 0 spiro atoms. The Bertz CT molecular complexity index is 831. The summed E-state index contributed by atoms with van der Waals surface area (Å²) in [5.74, 6) is -0.224. The molecule has 1 aliphatic rings. The Kier molecular flexibility index (Phi) is 5.20. The summed E-state index contributed by atoms with van der Waals surface area (Å²) < 4.78 is 33.5. The second kappa shape index (κ2) is 7.37. The van der Waals surface area contributed by atoms with Gasteiger partial charge in [0.1, 0.15) is 6.10 Å². The maximum atomic E-state index is 12.7. The van der Waals surface area contributed by atoms with Gasteiger partial charge in [0.05, 0.1) is 10.9 Å². The molecular formula is C19H21NO4S. The van der Waals surface area contributed by atoms with Crippen molar-refractivity contribution in [1.29, 1.82) is 0 Å². The van der Waals surface area contributed by atoms with E-state index in [2.05, 4.69) is 4.72 Å². The molecule has 1 N–H and O–H groups in total. The average Bonchev–Trinajstić information content (AvgIpc) is 3.00. The molecule has 1 fully saturated rings. The molecule has 3 rings (SSSR count). The van der Waals surface area contributed by atoms with Crippen molar-refractivity contribution in [3.05, 3.63) is 65.7 Å². The number of carbonyl (C=O) groups excluding carboxylic acids is 1. The van der Waals surface area contributed by atoms with Crippen LogP contribution in [0.5, 0.6) is 0 Å². The van der Waals surface area contributed by atoms with Crippen LogP contribution in [0.3, 0.4) is 0 Å². The summed E-state index contributed by atoms with van der Waals surface area (Å²) >= 11 is 0. The van der Waals surface area contributed by atoms with Gasteiger partial charge in [-0.1, -0.05) is 48.0 Å². The van der Waals surface area contributed by atoms with Crippen molar-refractivity contribution in [2.45, 2.75) is 43.2 Å². The van der Waals surface area contributed by atoms with Crippen molar-refractivity contribution in [3.8, 4) is 0 Å². The molecule has 0 unspecified atom stereocenters. The standard InChI is InChI=1S/C19H21NO4S/c1-14-7-10-17(11-8-14)25(22,23)20-18(15-5-3-2-4-6-15)13-16-9-12-19(21)24-16/h2-8,10-11,16,18,20H,9,12-13H2,1H3/t16-,18+/m0/s1. The van der Waals surface area contributed by atoms with Crippen molar-refractivity contribution in [2.24, 2.45) is 0 Å². The summed E-state index contributed by atoms with van der Waals surface area (Å²) in [6.07, 6.45) is 1.16. The average molecular weight is 359 g/mol. The third kappa shape index (κ3) is 4.46. The molecule has 0 amide bonds. The van der Waals surface area contributed by atoms with Crippen LogP contribution in [0.15, 0.2) is 59.5 Å². The number of carbonyl (C=O) groups is 1. The van der Waals surface area contributed by atoms with Crippen molar-refractivity contribution in [2.75, 3.05) is 0 Å². The molecule has 2 atom stereocenters. The van der Waals surface area contributed by atoms with Crippen LogP contribution in [0.25, 0.3) is 0 Å². The Morgan fingerprint density at radius 1 is 1.12 bits per heavy atom. The number of sulfonamides is 1. The van der Waals surface area contributed by atoms with Crippen molar-refractivity contribution < 1.29 is 17.9 Å². The number of hydrogen-bond acceptors (Lipinski definition) is 4. The van der Waals surface area contributed by atoms with Crippen LogP contribution >= 0.6 is 0 Å². The third-order valence-electron chi connectivity index (χ3n) is 4.30. The van der Waals surface area contributed by atoms with E-state index in [1.165, 1.54) is 0 Å². The Labute approximate surface area is 148 Å². The van der Waals surface area contributed by atoms with Crippen molar-refractivity contribution in [1.82, 2.24) is 4.72 Å². The van der Waals surface area contributed by atoms with Gasteiger partial charge < -0.3 is 4.74 Å². The molecule has 1 aliphatic heterocycles.